The van der Waals surface area contributed by atoms with Gasteiger partial charge in [-0.2, -0.15) is 0 Å². The molecule has 14 heavy (non-hydrogen) atoms. The lowest BCUT2D eigenvalue weighted by molar-refractivity contribution is 0.583. The second-order valence-electron chi connectivity index (χ2n) is 2.49. The van der Waals surface area contributed by atoms with Crippen LogP contribution in [0.15, 0.2) is 46.0 Å². The molecule has 6 heteroatoms. The average Bonchev–Trinajstić information content (AvgIpc) is 2.72. The Bertz CT molecular complexity index is 433. The van der Waals surface area contributed by atoms with Gasteiger partial charge in [0.25, 0.3) is 10.0 Å². The maximum atomic E-state index is 11.9. The summed E-state index contributed by atoms with van der Waals surface area (Å²) >= 11 is 2.34. The zero-order valence-corrected chi connectivity index (χ0v) is 9.48. The van der Waals surface area contributed by atoms with Crippen LogP contribution in [0.5, 0.6) is 0 Å². The average molecular weight is 245 g/mol. The predicted molar refractivity (Wildman–Crippen MR) is 59.8 cm³/mol. The van der Waals surface area contributed by atoms with E-state index in [1.165, 1.54) is 27.0 Å². The lowest BCUT2D eigenvalue weighted by atomic mass is 10.4. The van der Waals surface area contributed by atoms with Crippen LogP contribution < -0.4 is 0 Å². The Morgan fingerprint density at radius 3 is 2.14 bits per heavy atom. The van der Waals surface area contributed by atoms with Gasteiger partial charge in [0.2, 0.25) is 0 Å². The van der Waals surface area contributed by atoms with Gasteiger partial charge in [0.1, 0.15) is 0 Å². The SMILES string of the molecule is O=S(=O)(c1ccccc1)N1SC=CS1. The van der Waals surface area contributed by atoms with Gasteiger partial charge < -0.3 is 0 Å². The number of sulfonamides is 1. The largest absolute Gasteiger partial charge is 0.262 e. The molecule has 0 aliphatic carbocycles. The Morgan fingerprint density at radius 2 is 1.57 bits per heavy atom. The summed E-state index contributed by atoms with van der Waals surface area (Å²) < 4.78 is 25.0. The molecule has 0 radical (unpaired) electrons. The van der Waals surface area contributed by atoms with E-state index in [9.17, 15) is 8.42 Å². The first-order valence-corrected chi connectivity index (χ1v) is 6.91. The molecule has 0 atom stereocenters. The minimum atomic E-state index is -3.34. The van der Waals surface area contributed by atoms with Crippen molar-refractivity contribution >= 4 is 33.9 Å². The summed E-state index contributed by atoms with van der Waals surface area (Å²) in [5, 5.41) is 3.48. The topological polar surface area (TPSA) is 37.4 Å². The van der Waals surface area contributed by atoms with Gasteiger partial charge in [-0.1, -0.05) is 21.3 Å². The Labute approximate surface area is 91.5 Å². The summed E-state index contributed by atoms with van der Waals surface area (Å²) in [5.41, 5.74) is 0. The molecule has 1 aromatic carbocycles. The van der Waals surface area contributed by atoms with Crippen molar-refractivity contribution in [2.24, 2.45) is 0 Å². The Hall–Kier alpha value is -0.430. The molecule has 0 fully saturated rings. The molecular formula is C8H7NO2S3. The summed E-state index contributed by atoms with van der Waals surface area (Å²) in [6, 6.07) is 8.41. The monoisotopic (exact) mass is 245 g/mol. The molecule has 0 saturated carbocycles. The van der Waals surface area contributed by atoms with E-state index in [2.05, 4.69) is 0 Å². The highest BCUT2D eigenvalue weighted by Gasteiger charge is 2.26. The molecule has 0 N–H and O–H groups in total. The number of hydrogen-bond donors (Lipinski definition) is 0. The van der Waals surface area contributed by atoms with Gasteiger partial charge in [-0.3, -0.25) is 0 Å². The van der Waals surface area contributed by atoms with E-state index < -0.39 is 10.0 Å². The summed E-state index contributed by atoms with van der Waals surface area (Å²) in [6.07, 6.45) is 0. The fourth-order valence-electron chi connectivity index (χ4n) is 0.966. The quantitative estimate of drug-likeness (QED) is 0.750. The minimum Gasteiger partial charge on any atom is -0.205 e. The van der Waals surface area contributed by atoms with Gasteiger partial charge >= 0.3 is 0 Å². The Balaban J connectivity index is 2.34. The van der Waals surface area contributed by atoms with E-state index in [0.29, 0.717) is 4.90 Å². The fourth-order valence-corrected chi connectivity index (χ4v) is 4.45. The Morgan fingerprint density at radius 1 is 1.00 bits per heavy atom. The molecule has 0 bridgehead atoms. The smallest absolute Gasteiger partial charge is 0.205 e. The summed E-state index contributed by atoms with van der Waals surface area (Å²) in [4.78, 5) is 0.323. The number of nitrogens with zero attached hydrogens (tertiary/aromatic N) is 1. The van der Waals surface area contributed by atoms with Crippen LogP contribution >= 0.6 is 23.9 Å². The van der Waals surface area contributed by atoms with Gasteiger partial charge in [0.15, 0.2) is 0 Å². The first kappa shape index (κ1) is 10.1. The van der Waals surface area contributed by atoms with Crippen molar-refractivity contribution in [2.45, 2.75) is 4.90 Å². The van der Waals surface area contributed by atoms with E-state index in [1.54, 1.807) is 41.1 Å². The van der Waals surface area contributed by atoms with Crippen molar-refractivity contribution in [3.63, 3.8) is 0 Å². The van der Waals surface area contributed by atoms with Gasteiger partial charge in [0, 0.05) is 0 Å². The highest BCUT2D eigenvalue weighted by molar-refractivity contribution is 8.27. The minimum absolute atomic E-state index is 0.323. The van der Waals surface area contributed by atoms with Crippen molar-refractivity contribution < 1.29 is 8.42 Å². The molecule has 0 amide bonds. The molecule has 2 rings (SSSR count). The zero-order valence-electron chi connectivity index (χ0n) is 7.03. The van der Waals surface area contributed by atoms with Crippen LogP contribution in [0.4, 0.5) is 0 Å². The molecule has 0 spiro atoms. The zero-order chi connectivity index (χ0) is 10.0. The first-order chi connectivity index (χ1) is 6.71. The van der Waals surface area contributed by atoms with Crippen LogP contribution in [-0.4, -0.2) is 11.5 Å². The second-order valence-corrected chi connectivity index (χ2v) is 6.67. The summed E-state index contributed by atoms with van der Waals surface area (Å²) in [5.74, 6) is 0. The van der Waals surface area contributed by atoms with Gasteiger partial charge in [-0.05, 0) is 46.8 Å². The van der Waals surface area contributed by atoms with Crippen molar-refractivity contribution in [3.05, 3.63) is 41.1 Å². The van der Waals surface area contributed by atoms with E-state index >= 15 is 0 Å². The van der Waals surface area contributed by atoms with Crippen molar-refractivity contribution in [1.82, 2.24) is 3.12 Å². The molecule has 0 aromatic heterocycles. The molecule has 1 heterocycles. The molecule has 0 saturated heterocycles. The second kappa shape index (κ2) is 3.98. The number of hydrogen-bond acceptors (Lipinski definition) is 4. The Kier molecular flexibility index (Phi) is 2.87. The van der Waals surface area contributed by atoms with Gasteiger partial charge in [-0.15, -0.1) is 0 Å². The standard InChI is InChI=1S/C8H7NO2S3/c10-14(11,9-12-6-7-13-9)8-4-2-1-3-5-8/h1-7H. The van der Waals surface area contributed by atoms with Crippen molar-refractivity contribution in [2.75, 3.05) is 0 Å². The molecule has 1 aromatic rings. The third-order valence-corrected chi connectivity index (χ3v) is 6.09. The van der Waals surface area contributed by atoms with Crippen LogP contribution in [0.2, 0.25) is 0 Å². The highest BCUT2D eigenvalue weighted by Crippen LogP contribution is 2.37. The lowest BCUT2D eigenvalue weighted by Gasteiger charge is -2.11. The molecular weight excluding hydrogens is 238 g/mol. The van der Waals surface area contributed by atoms with Crippen LogP contribution in [0.3, 0.4) is 0 Å². The van der Waals surface area contributed by atoms with Crippen LogP contribution in [-0.2, 0) is 10.0 Å². The maximum Gasteiger partial charge on any atom is 0.262 e. The first-order valence-electron chi connectivity index (χ1n) is 3.80. The maximum absolute atomic E-state index is 11.9. The predicted octanol–water partition coefficient (Wildman–Crippen LogP) is 2.46. The van der Waals surface area contributed by atoms with Gasteiger partial charge in [0.05, 0.1) is 4.90 Å². The van der Waals surface area contributed by atoms with Crippen LogP contribution in [0.25, 0.3) is 0 Å². The number of rotatable bonds is 2. The lowest BCUT2D eigenvalue weighted by Crippen LogP contribution is -2.15. The summed E-state index contributed by atoms with van der Waals surface area (Å²) in [6.45, 7) is 0. The van der Waals surface area contributed by atoms with Crippen LogP contribution in [0.1, 0.15) is 0 Å². The third-order valence-electron chi connectivity index (χ3n) is 1.59. The normalized spacial score (nSPS) is 17.4. The van der Waals surface area contributed by atoms with E-state index in [0.717, 1.165) is 0 Å². The van der Waals surface area contributed by atoms with Crippen LogP contribution in [0, 0.1) is 0 Å². The molecule has 0 unspecified atom stereocenters. The highest BCUT2D eigenvalue weighted by atomic mass is 32.3. The fraction of sp³-hybridized carbons (Fsp3) is 0. The summed E-state index contributed by atoms with van der Waals surface area (Å²) in [7, 11) is -3.34. The van der Waals surface area contributed by atoms with Gasteiger partial charge in [-0.25, -0.2) is 8.42 Å². The van der Waals surface area contributed by atoms with Crippen molar-refractivity contribution in [3.8, 4) is 0 Å². The molecule has 1 aliphatic heterocycles. The van der Waals surface area contributed by atoms with Crippen molar-refractivity contribution in [1.29, 1.82) is 0 Å². The van der Waals surface area contributed by atoms with E-state index in [4.69, 9.17) is 0 Å². The molecule has 3 nitrogen and oxygen atoms in total. The third kappa shape index (κ3) is 1.83. The molecule has 1 aliphatic rings. The van der Waals surface area contributed by atoms with E-state index in [1.807, 2.05) is 0 Å². The number of benzene rings is 1. The van der Waals surface area contributed by atoms with E-state index in [-0.39, 0.29) is 0 Å². The molecule has 74 valence electrons.